The Bertz CT molecular complexity index is 126. The summed E-state index contributed by atoms with van der Waals surface area (Å²) in [6.07, 6.45) is 2.58. The van der Waals surface area contributed by atoms with Gasteiger partial charge in [-0.2, -0.15) is 0 Å². The zero-order valence-corrected chi connectivity index (χ0v) is 8.82. The maximum Gasteiger partial charge on any atom is 0.0662 e. The maximum atomic E-state index is 9.71. The largest absolute Gasteiger partial charge is 0.396 e. The summed E-state index contributed by atoms with van der Waals surface area (Å²) in [7, 11) is 0. The van der Waals surface area contributed by atoms with Crippen molar-refractivity contribution in [3.05, 3.63) is 0 Å². The molecular formula is C10H22O4. The Morgan fingerprint density at radius 2 is 1.50 bits per heavy atom. The molecule has 0 amide bonds. The molecule has 0 aromatic carbocycles. The number of hydrogen-bond donors (Lipinski definition) is 4. The average molecular weight is 206 g/mol. The lowest BCUT2D eigenvalue weighted by molar-refractivity contribution is -0.0863. The van der Waals surface area contributed by atoms with Gasteiger partial charge < -0.3 is 20.4 Å². The molecule has 0 aromatic heterocycles. The maximum absolute atomic E-state index is 9.71. The van der Waals surface area contributed by atoms with Crippen LogP contribution in [0.2, 0.25) is 0 Å². The summed E-state index contributed by atoms with van der Waals surface area (Å²) in [5.74, 6) is 0. The monoisotopic (exact) mass is 206 g/mol. The lowest BCUT2D eigenvalue weighted by Gasteiger charge is -2.32. The molecular weight excluding hydrogens is 184 g/mol. The molecule has 0 aliphatic rings. The number of hydrogen-bond acceptors (Lipinski definition) is 4. The second kappa shape index (κ2) is 7.17. The van der Waals surface area contributed by atoms with Gasteiger partial charge in [-0.1, -0.05) is 26.2 Å². The van der Waals surface area contributed by atoms with Crippen molar-refractivity contribution in [1.82, 2.24) is 0 Å². The summed E-state index contributed by atoms with van der Waals surface area (Å²) in [6, 6.07) is 0. The molecule has 4 N–H and O–H groups in total. The smallest absolute Gasteiger partial charge is 0.0662 e. The molecule has 1 unspecified atom stereocenters. The molecule has 86 valence electrons. The van der Waals surface area contributed by atoms with Crippen LogP contribution >= 0.6 is 0 Å². The highest BCUT2D eigenvalue weighted by Gasteiger charge is 2.35. The first-order valence-corrected chi connectivity index (χ1v) is 5.17. The third-order valence-electron chi connectivity index (χ3n) is 2.73. The summed E-state index contributed by atoms with van der Waals surface area (Å²) >= 11 is 0. The minimum Gasteiger partial charge on any atom is -0.396 e. The Morgan fingerprint density at radius 3 is 1.86 bits per heavy atom. The van der Waals surface area contributed by atoms with Gasteiger partial charge in [-0.05, 0) is 6.42 Å². The van der Waals surface area contributed by atoms with E-state index in [0.29, 0.717) is 6.42 Å². The van der Waals surface area contributed by atoms with Crippen LogP contribution in [-0.2, 0) is 0 Å². The molecule has 4 nitrogen and oxygen atoms in total. The van der Waals surface area contributed by atoms with E-state index in [-0.39, 0.29) is 0 Å². The van der Waals surface area contributed by atoms with E-state index in [2.05, 4.69) is 6.92 Å². The summed E-state index contributed by atoms with van der Waals surface area (Å²) in [5.41, 5.74) is -1.15. The standard InChI is InChI=1S/C10H22O4/c1-2-3-4-5-9(14)10(6-11,7-12)8-13/h9,11-14H,2-8H2,1H3. The molecule has 0 fully saturated rings. The average Bonchev–Trinajstić information content (AvgIpc) is 2.22. The van der Waals surface area contributed by atoms with Crippen molar-refractivity contribution in [2.45, 2.75) is 38.7 Å². The van der Waals surface area contributed by atoms with Crippen LogP contribution in [0.3, 0.4) is 0 Å². The van der Waals surface area contributed by atoms with Crippen molar-refractivity contribution in [1.29, 1.82) is 0 Å². The van der Waals surface area contributed by atoms with Crippen LogP contribution in [0.5, 0.6) is 0 Å². The van der Waals surface area contributed by atoms with E-state index in [9.17, 15) is 5.11 Å². The molecule has 0 heterocycles. The van der Waals surface area contributed by atoms with E-state index >= 15 is 0 Å². The fraction of sp³-hybridized carbons (Fsp3) is 1.00. The Hall–Kier alpha value is -0.160. The van der Waals surface area contributed by atoms with Gasteiger partial charge in [0, 0.05) is 0 Å². The van der Waals surface area contributed by atoms with Crippen LogP contribution in [0.4, 0.5) is 0 Å². The summed E-state index contributed by atoms with van der Waals surface area (Å²) in [5, 5.41) is 36.8. The molecule has 1 atom stereocenters. The molecule has 0 radical (unpaired) electrons. The van der Waals surface area contributed by atoms with Crippen LogP contribution < -0.4 is 0 Å². The van der Waals surface area contributed by atoms with Gasteiger partial charge in [-0.15, -0.1) is 0 Å². The number of rotatable bonds is 8. The van der Waals surface area contributed by atoms with Gasteiger partial charge in [0.25, 0.3) is 0 Å². The normalized spacial score (nSPS) is 14.4. The Balaban J connectivity index is 4.07. The fourth-order valence-corrected chi connectivity index (χ4v) is 1.36. The molecule has 0 saturated carbocycles. The first kappa shape index (κ1) is 13.8. The SMILES string of the molecule is CCCCCC(O)C(CO)(CO)CO. The Morgan fingerprint density at radius 1 is 1.00 bits per heavy atom. The molecule has 4 heteroatoms. The second-order valence-corrected chi connectivity index (χ2v) is 3.85. The van der Waals surface area contributed by atoms with Gasteiger partial charge in [0.1, 0.15) is 0 Å². The fourth-order valence-electron chi connectivity index (χ4n) is 1.36. The van der Waals surface area contributed by atoms with Crippen LogP contribution in [0.15, 0.2) is 0 Å². The highest BCUT2D eigenvalue weighted by Crippen LogP contribution is 2.24. The summed E-state index contributed by atoms with van der Waals surface area (Å²) in [4.78, 5) is 0. The van der Waals surface area contributed by atoms with Crippen molar-refractivity contribution in [2.24, 2.45) is 5.41 Å². The molecule has 0 rings (SSSR count). The predicted molar refractivity (Wildman–Crippen MR) is 53.8 cm³/mol. The van der Waals surface area contributed by atoms with Crippen LogP contribution in [-0.4, -0.2) is 46.4 Å². The zero-order chi connectivity index (χ0) is 11.0. The third kappa shape index (κ3) is 3.53. The molecule has 0 aromatic rings. The molecule has 0 aliphatic carbocycles. The Kier molecular flexibility index (Phi) is 7.09. The first-order chi connectivity index (χ1) is 6.66. The van der Waals surface area contributed by atoms with Crippen molar-refractivity contribution < 1.29 is 20.4 Å². The van der Waals surface area contributed by atoms with E-state index in [4.69, 9.17) is 15.3 Å². The van der Waals surface area contributed by atoms with Crippen LogP contribution in [0.1, 0.15) is 32.6 Å². The van der Waals surface area contributed by atoms with Crippen LogP contribution in [0.25, 0.3) is 0 Å². The summed E-state index contributed by atoms with van der Waals surface area (Å²) < 4.78 is 0. The van der Waals surface area contributed by atoms with E-state index in [1.165, 1.54) is 0 Å². The lowest BCUT2D eigenvalue weighted by atomic mass is 9.82. The first-order valence-electron chi connectivity index (χ1n) is 5.17. The van der Waals surface area contributed by atoms with E-state index in [1.54, 1.807) is 0 Å². The van der Waals surface area contributed by atoms with Gasteiger partial charge in [0.2, 0.25) is 0 Å². The van der Waals surface area contributed by atoms with E-state index in [0.717, 1.165) is 19.3 Å². The second-order valence-electron chi connectivity index (χ2n) is 3.85. The lowest BCUT2D eigenvalue weighted by Crippen LogP contribution is -2.45. The van der Waals surface area contributed by atoms with Gasteiger partial charge in [0.05, 0.1) is 31.3 Å². The molecule has 0 spiro atoms. The molecule has 14 heavy (non-hydrogen) atoms. The number of unbranched alkanes of at least 4 members (excludes halogenated alkanes) is 2. The van der Waals surface area contributed by atoms with Crippen LogP contribution in [0, 0.1) is 5.41 Å². The Labute approximate surface area is 85.2 Å². The summed E-state index contributed by atoms with van der Waals surface area (Å²) in [6.45, 7) is 0.873. The van der Waals surface area contributed by atoms with Gasteiger partial charge in [-0.25, -0.2) is 0 Å². The van der Waals surface area contributed by atoms with Crippen molar-refractivity contribution in [3.8, 4) is 0 Å². The highest BCUT2D eigenvalue weighted by atomic mass is 16.3. The van der Waals surface area contributed by atoms with Crippen molar-refractivity contribution >= 4 is 0 Å². The highest BCUT2D eigenvalue weighted by molar-refractivity contribution is 4.84. The quantitative estimate of drug-likeness (QED) is 0.418. The minimum absolute atomic E-state index is 0.396. The van der Waals surface area contributed by atoms with Gasteiger partial charge >= 0.3 is 0 Å². The number of aliphatic hydroxyl groups is 4. The van der Waals surface area contributed by atoms with Crippen molar-refractivity contribution in [3.63, 3.8) is 0 Å². The predicted octanol–water partition coefficient (Wildman–Crippen LogP) is -0.109. The van der Waals surface area contributed by atoms with Gasteiger partial charge in [-0.3, -0.25) is 0 Å². The van der Waals surface area contributed by atoms with Gasteiger partial charge in [0.15, 0.2) is 0 Å². The van der Waals surface area contributed by atoms with Crippen molar-refractivity contribution in [2.75, 3.05) is 19.8 Å². The zero-order valence-electron chi connectivity index (χ0n) is 8.82. The third-order valence-corrected chi connectivity index (χ3v) is 2.73. The van der Waals surface area contributed by atoms with E-state index in [1.807, 2.05) is 0 Å². The van der Waals surface area contributed by atoms with E-state index < -0.39 is 31.3 Å². The molecule has 0 bridgehead atoms. The minimum atomic E-state index is -1.15. The topological polar surface area (TPSA) is 80.9 Å². The molecule has 0 aliphatic heterocycles. The number of aliphatic hydroxyl groups excluding tert-OH is 4. The molecule has 0 saturated heterocycles.